The molecule has 138 valence electrons. The summed E-state index contributed by atoms with van der Waals surface area (Å²) in [6.45, 7) is 2.97. The summed E-state index contributed by atoms with van der Waals surface area (Å²) in [4.78, 5) is 2.49. The van der Waals surface area contributed by atoms with Gasteiger partial charge in [0, 0.05) is 12.2 Å². The first-order valence-electron chi connectivity index (χ1n) is 9.31. The first-order valence-corrected chi connectivity index (χ1v) is 9.31. The lowest BCUT2D eigenvalue weighted by molar-refractivity contribution is 0.353. The number of anilines is 1. The zero-order valence-electron chi connectivity index (χ0n) is 16.1. The van der Waals surface area contributed by atoms with Crippen LogP contribution in [-0.4, -0.2) is 14.2 Å². The summed E-state index contributed by atoms with van der Waals surface area (Å²) in [5.74, 6) is 1.59. The highest BCUT2D eigenvalue weighted by Crippen LogP contribution is 2.41. The molecule has 1 heterocycles. The predicted octanol–water partition coefficient (Wildman–Crippen LogP) is 5.32. The van der Waals surface area contributed by atoms with Gasteiger partial charge >= 0.3 is 0 Å². The van der Waals surface area contributed by atoms with Gasteiger partial charge in [0.1, 0.15) is 0 Å². The Morgan fingerprint density at radius 1 is 0.815 bits per heavy atom. The van der Waals surface area contributed by atoms with Gasteiger partial charge in [0.25, 0.3) is 0 Å². The second-order valence-corrected chi connectivity index (χ2v) is 7.07. The second-order valence-electron chi connectivity index (χ2n) is 7.07. The van der Waals surface area contributed by atoms with E-state index in [1.807, 2.05) is 0 Å². The molecule has 0 spiro atoms. The standard InChI is InChI=1S/C24H25NO2/c1-17-9-11-21(12-10-17)25-16-20-15-24(27-3)23(26-2)14-19(20)13-22(25)18-7-5-4-6-8-18/h4-12,14-15,22H,13,16H2,1-3H3. The molecule has 4 rings (SSSR count). The molecule has 1 aliphatic rings. The topological polar surface area (TPSA) is 21.7 Å². The van der Waals surface area contributed by atoms with Gasteiger partial charge in [0.15, 0.2) is 11.5 Å². The summed E-state index contributed by atoms with van der Waals surface area (Å²) in [5, 5.41) is 0. The molecule has 1 unspecified atom stereocenters. The third-order valence-electron chi connectivity index (χ3n) is 5.39. The van der Waals surface area contributed by atoms with Gasteiger partial charge in [-0.05, 0) is 54.3 Å². The first-order chi connectivity index (χ1) is 13.2. The van der Waals surface area contributed by atoms with Crippen LogP contribution in [0.4, 0.5) is 5.69 Å². The van der Waals surface area contributed by atoms with Crippen LogP contribution in [0.25, 0.3) is 0 Å². The number of rotatable bonds is 4. The Balaban J connectivity index is 1.80. The minimum absolute atomic E-state index is 0.291. The van der Waals surface area contributed by atoms with Gasteiger partial charge in [-0.15, -0.1) is 0 Å². The minimum atomic E-state index is 0.291. The molecule has 0 N–H and O–H groups in total. The van der Waals surface area contributed by atoms with Crippen molar-refractivity contribution >= 4 is 5.69 Å². The fourth-order valence-electron chi connectivity index (χ4n) is 3.89. The van der Waals surface area contributed by atoms with Crippen LogP contribution in [0.3, 0.4) is 0 Å². The lowest BCUT2D eigenvalue weighted by Crippen LogP contribution is -2.34. The first kappa shape index (κ1) is 17.5. The summed E-state index contributed by atoms with van der Waals surface area (Å²) >= 11 is 0. The molecule has 0 saturated carbocycles. The maximum absolute atomic E-state index is 5.53. The lowest BCUT2D eigenvalue weighted by Gasteiger charge is -2.39. The van der Waals surface area contributed by atoms with E-state index in [9.17, 15) is 0 Å². The molecular formula is C24H25NO2. The molecule has 0 saturated heterocycles. The van der Waals surface area contributed by atoms with Gasteiger partial charge in [0.2, 0.25) is 0 Å². The van der Waals surface area contributed by atoms with Gasteiger partial charge < -0.3 is 14.4 Å². The minimum Gasteiger partial charge on any atom is -0.493 e. The van der Waals surface area contributed by atoms with Crippen LogP contribution in [0.15, 0.2) is 66.7 Å². The lowest BCUT2D eigenvalue weighted by atomic mass is 9.89. The van der Waals surface area contributed by atoms with E-state index in [0.717, 1.165) is 24.5 Å². The molecule has 3 aromatic rings. The van der Waals surface area contributed by atoms with Gasteiger partial charge in [-0.2, -0.15) is 0 Å². The summed E-state index contributed by atoms with van der Waals surface area (Å²) < 4.78 is 11.1. The van der Waals surface area contributed by atoms with Crippen molar-refractivity contribution in [2.75, 3.05) is 19.1 Å². The van der Waals surface area contributed by atoms with Crippen molar-refractivity contribution in [2.45, 2.75) is 25.9 Å². The summed E-state index contributed by atoms with van der Waals surface area (Å²) in [7, 11) is 3.39. The smallest absolute Gasteiger partial charge is 0.161 e. The summed E-state index contributed by atoms with van der Waals surface area (Å²) in [6.07, 6.45) is 0.938. The number of fused-ring (bicyclic) bond motifs is 1. The molecule has 27 heavy (non-hydrogen) atoms. The molecule has 0 fully saturated rings. The molecule has 0 amide bonds. The molecule has 1 aliphatic heterocycles. The van der Waals surface area contributed by atoms with Crippen LogP contribution >= 0.6 is 0 Å². The van der Waals surface area contributed by atoms with Crippen LogP contribution < -0.4 is 14.4 Å². The largest absolute Gasteiger partial charge is 0.493 e. The zero-order valence-corrected chi connectivity index (χ0v) is 16.1. The number of benzene rings is 3. The van der Waals surface area contributed by atoms with Crippen molar-refractivity contribution in [3.8, 4) is 11.5 Å². The van der Waals surface area contributed by atoms with Gasteiger partial charge in [0.05, 0.1) is 20.3 Å². The Bertz CT molecular complexity index is 919. The quantitative estimate of drug-likeness (QED) is 0.629. The molecule has 1 atom stereocenters. The second kappa shape index (κ2) is 7.36. The molecular weight excluding hydrogens is 334 g/mol. The highest BCUT2D eigenvalue weighted by atomic mass is 16.5. The van der Waals surface area contributed by atoms with Gasteiger partial charge in [-0.1, -0.05) is 48.0 Å². The summed E-state index contributed by atoms with van der Waals surface area (Å²) in [6, 6.07) is 24.1. The fraction of sp³-hybridized carbons (Fsp3) is 0.250. The van der Waals surface area contributed by atoms with E-state index in [4.69, 9.17) is 9.47 Å². The molecule has 3 aromatic carbocycles. The molecule has 3 heteroatoms. The van der Waals surface area contributed by atoms with E-state index >= 15 is 0 Å². The number of hydrogen-bond donors (Lipinski definition) is 0. The maximum Gasteiger partial charge on any atom is 0.161 e. The summed E-state index contributed by atoms with van der Waals surface area (Å²) in [5.41, 5.74) is 6.47. The van der Waals surface area contributed by atoms with Crippen LogP contribution in [0, 0.1) is 6.92 Å². The molecule has 0 aliphatic carbocycles. The number of aryl methyl sites for hydroxylation is 1. The number of hydrogen-bond acceptors (Lipinski definition) is 3. The van der Waals surface area contributed by atoms with Crippen LogP contribution in [0.2, 0.25) is 0 Å². The van der Waals surface area contributed by atoms with Crippen LogP contribution in [-0.2, 0) is 13.0 Å². The van der Waals surface area contributed by atoms with Crippen molar-refractivity contribution in [2.24, 2.45) is 0 Å². The van der Waals surface area contributed by atoms with E-state index in [2.05, 4.69) is 78.6 Å². The van der Waals surface area contributed by atoms with Gasteiger partial charge in [-0.25, -0.2) is 0 Å². The van der Waals surface area contributed by atoms with E-state index in [-0.39, 0.29) is 0 Å². The Labute approximate surface area is 161 Å². The Morgan fingerprint density at radius 2 is 1.44 bits per heavy atom. The van der Waals surface area contributed by atoms with E-state index in [1.54, 1.807) is 14.2 Å². The van der Waals surface area contributed by atoms with Crippen molar-refractivity contribution in [1.29, 1.82) is 0 Å². The third kappa shape index (κ3) is 3.37. The average molecular weight is 359 g/mol. The molecule has 0 aromatic heterocycles. The Kier molecular flexibility index (Phi) is 4.76. The monoisotopic (exact) mass is 359 g/mol. The Morgan fingerprint density at radius 3 is 2.07 bits per heavy atom. The third-order valence-corrected chi connectivity index (χ3v) is 5.39. The predicted molar refractivity (Wildman–Crippen MR) is 110 cm³/mol. The van der Waals surface area contributed by atoms with Crippen molar-refractivity contribution in [3.63, 3.8) is 0 Å². The Hall–Kier alpha value is -2.94. The van der Waals surface area contributed by atoms with Crippen LogP contribution in [0.5, 0.6) is 11.5 Å². The van der Waals surface area contributed by atoms with Crippen molar-refractivity contribution in [3.05, 3.63) is 89.0 Å². The molecule has 0 radical (unpaired) electrons. The average Bonchev–Trinajstić information content (AvgIpc) is 2.73. The number of methoxy groups -OCH3 is 2. The van der Waals surface area contributed by atoms with E-state index < -0.39 is 0 Å². The zero-order chi connectivity index (χ0) is 18.8. The van der Waals surface area contributed by atoms with E-state index in [0.29, 0.717) is 6.04 Å². The van der Waals surface area contributed by atoms with Crippen molar-refractivity contribution in [1.82, 2.24) is 0 Å². The maximum atomic E-state index is 5.53. The number of ether oxygens (including phenoxy) is 2. The van der Waals surface area contributed by atoms with Crippen molar-refractivity contribution < 1.29 is 9.47 Å². The SMILES string of the molecule is COc1cc2c(cc1OC)CN(c1ccc(C)cc1)C(c1ccccc1)C2. The van der Waals surface area contributed by atoms with E-state index in [1.165, 1.54) is 27.9 Å². The normalized spacial score (nSPS) is 16.0. The highest BCUT2D eigenvalue weighted by molar-refractivity contribution is 5.56. The molecule has 0 bridgehead atoms. The fourth-order valence-corrected chi connectivity index (χ4v) is 3.89. The number of nitrogens with zero attached hydrogens (tertiary/aromatic N) is 1. The highest BCUT2D eigenvalue weighted by Gasteiger charge is 2.29. The van der Waals surface area contributed by atoms with Crippen LogP contribution in [0.1, 0.15) is 28.3 Å². The van der Waals surface area contributed by atoms with Gasteiger partial charge in [-0.3, -0.25) is 0 Å². The molecule has 3 nitrogen and oxygen atoms in total.